The van der Waals surface area contributed by atoms with Gasteiger partial charge in [-0.2, -0.15) is 9.57 Å². The highest BCUT2D eigenvalue weighted by molar-refractivity contribution is 7.89. The molecule has 0 amide bonds. The van der Waals surface area contributed by atoms with Crippen molar-refractivity contribution >= 4 is 21.6 Å². The fourth-order valence-corrected chi connectivity index (χ4v) is 5.92. The molecule has 3 aromatic rings. The Balaban J connectivity index is 1.67. The molecule has 2 N–H and O–H groups in total. The predicted molar refractivity (Wildman–Crippen MR) is 158 cm³/mol. The lowest BCUT2D eigenvalue weighted by Crippen LogP contribution is -2.46. The Hall–Kier alpha value is -4.50. The van der Waals surface area contributed by atoms with Crippen molar-refractivity contribution in [1.29, 1.82) is 5.26 Å². The minimum absolute atomic E-state index is 0.0341. The van der Waals surface area contributed by atoms with Crippen LogP contribution in [0.3, 0.4) is 0 Å². The monoisotopic (exact) mass is 588 g/mol. The number of nitriles is 1. The van der Waals surface area contributed by atoms with Crippen LogP contribution < -0.4 is 4.74 Å². The molecule has 0 unspecified atom stereocenters. The summed E-state index contributed by atoms with van der Waals surface area (Å²) in [6, 6.07) is 16.5. The molecule has 42 heavy (non-hydrogen) atoms. The summed E-state index contributed by atoms with van der Waals surface area (Å²) in [6.07, 6.45) is 3.51. The first-order valence-electron chi connectivity index (χ1n) is 13.3. The summed E-state index contributed by atoms with van der Waals surface area (Å²) in [4.78, 5) is 18.0. The summed E-state index contributed by atoms with van der Waals surface area (Å²) in [5, 5.41) is 28.2. The molecule has 218 valence electrons. The van der Waals surface area contributed by atoms with Crippen LogP contribution in [-0.2, 0) is 16.6 Å². The van der Waals surface area contributed by atoms with Crippen LogP contribution in [0.25, 0.3) is 16.8 Å². The number of nitrogens with zero attached hydrogens (tertiary/aromatic N) is 4. The molecule has 0 radical (unpaired) electrons. The van der Waals surface area contributed by atoms with Gasteiger partial charge in [-0.15, -0.1) is 0 Å². The number of rotatable bonds is 11. The minimum atomic E-state index is -3.64. The van der Waals surface area contributed by atoms with E-state index in [-0.39, 0.29) is 28.5 Å². The van der Waals surface area contributed by atoms with Crippen molar-refractivity contribution in [3.05, 3.63) is 95.8 Å². The van der Waals surface area contributed by atoms with E-state index in [1.54, 1.807) is 48.5 Å². The Morgan fingerprint density at radius 1 is 1.12 bits per heavy atom. The van der Waals surface area contributed by atoms with E-state index in [0.717, 1.165) is 6.26 Å². The number of piperazine rings is 1. The zero-order chi connectivity index (χ0) is 30.3. The molecule has 0 aliphatic carbocycles. The molecule has 0 saturated carbocycles. The van der Waals surface area contributed by atoms with Gasteiger partial charge in [0.2, 0.25) is 15.9 Å². The maximum atomic E-state index is 13.2. The summed E-state index contributed by atoms with van der Waals surface area (Å²) in [5.41, 5.74) is 3.26. The average molecular weight is 589 g/mol. The van der Waals surface area contributed by atoms with E-state index in [1.807, 2.05) is 7.05 Å². The van der Waals surface area contributed by atoms with Crippen molar-refractivity contribution in [2.24, 2.45) is 0 Å². The van der Waals surface area contributed by atoms with Gasteiger partial charge in [0.1, 0.15) is 18.2 Å². The van der Waals surface area contributed by atoms with E-state index in [0.29, 0.717) is 67.0 Å². The highest BCUT2D eigenvalue weighted by atomic mass is 32.2. The van der Waals surface area contributed by atoms with Crippen LogP contribution in [0.2, 0.25) is 0 Å². The molecule has 1 saturated heterocycles. The molecule has 10 nitrogen and oxygen atoms in total. The molecular weight excluding hydrogens is 556 g/mol. The zero-order valence-electron chi connectivity index (χ0n) is 23.2. The normalized spacial score (nSPS) is 14.5. The van der Waals surface area contributed by atoms with Crippen LogP contribution in [0.5, 0.6) is 5.88 Å². The van der Waals surface area contributed by atoms with Gasteiger partial charge in [-0.1, -0.05) is 30.8 Å². The number of ether oxygens (including phenoxy) is 1. The van der Waals surface area contributed by atoms with Gasteiger partial charge in [-0.25, -0.2) is 18.2 Å². The van der Waals surface area contributed by atoms with E-state index in [9.17, 15) is 18.5 Å². The molecule has 1 aliphatic heterocycles. The minimum Gasteiger partial charge on any atom is -0.516 e. The Labute approximate surface area is 245 Å². The van der Waals surface area contributed by atoms with Crippen LogP contribution in [0, 0.1) is 11.3 Å². The van der Waals surface area contributed by atoms with Gasteiger partial charge in [-0.3, -0.25) is 0 Å². The van der Waals surface area contributed by atoms with Crippen LogP contribution in [0.4, 0.5) is 0 Å². The van der Waals surface area contributed by atoms with E-state index in [4.69, 9.17) is 14.9 Å². The highest BCUT2D eigenvalue weighted by Crippen LogP contribution is 2.33. The molecular formula is C31H32N4O6S. The van der Waals surface area contributed by atoms with Gasteiger partial charge in [0, 0.05) is 37.3 Å². The molecule has 0 bridgehead atoms. The number of sulfonamides is 1. The van der Waals surface area contributed by atoms with Gasteiger partial charge in [0.15, 0.2) is 0 Å². The number of pyridine rings is 1. The molecule has 0 spiro atoms. The fraction of sp³-hybridized carbons (Fsp3) is 0.258. The molecule has 1 aliphatic rings. The Kier molecular flexibility index (Phi) is 9.75. The van der Waals surface area contributed by atoms with Crippen molar-refractivity contribution in [2.75, 3.05) is 33.2 Å². The van der Waals surface area contributed by atoms with Crippen molar-refractivity contribution in [3.8, 4) is 23.2 Å². The first-order valence-corrected chi connectivity index (χ1v) is 14.7. The van der Waals surface area contributed by atoms with Crippen LogP contribution in [0.15, 0.2) is 78.4 Å². The Morgan fingerprint density at radius 3 is 2.38 bits per heavy atom. The summed E-state index contributed by atoms with van der Waals surface area (Å²) in [6.45, 7) is 6.35. The standard InChI is InChI=1S/C31H32N4O6S/c1-22(5-3-4-18-36)27-19-29(24-10-12-26(13-11-24)42(39,40)35-16-14-34(2)15-17-35)33-30(28(27)20-32)41-21-23-6-8-25(9-7-23)31(37)38/h4,6-13,18-19,36H,1,3,5,14-17,21H2,2H3,(H,37,38)/b18-4-. The van der Waals surface area contributed by atoms with Crippen molar-refractivity contribution in [1.82, 2.24) is 14.2 Å². The van der Waals surface area contributed by atoms with Crippen molar-refractivity contribution < 1.29 is 28.2 Å². The molecule has 1 aromatic heterocycles. The van der Waals surface area contributed by atoms with E-state index in [2.05, 4.69) is 22.5 Å². The number of benzene rings is 2. The number of aliphatic hydroxyl groups excluding tert-OH is 1. The third kappa shape index (κ3) is 7.03. The predicted octanol–water partition coefficient (Wildman–Crippen LogP) is 4.70. The number of aromatic carboxylic acids is 1. The number of carboxylic acid groups (broad SMARTS) is 1. The van der Waals surface area contributed by atoms with Crippen LogP contribution >= 0.6 is 0 Å². The SMILES string of the molecule is C=C(CC/C=C\O)c1cc(-c2ccc(S(=O)(=O)N3CCN(C)CC3)cc2)nc(OCc2ccc(C(=O)O)cc2)c1C#N. The molecule has 0 atom stereocenters. The highest BCUT2D eigenvalue weighted by Gasteiger charge is 2.27. The number of likely N-dealkylation sites (N-methyl/N-ethyl adjacent to an activating group) is 1. The lowest BCUT2D eigenvalue weighted by Gasteiger charge is -2.31. The van der Waals surface area contributed by atoms with E-state index in [1.165, 1.54) is 16.4 Å². The van der Waals surface area contributed by atoms with Gasteiger partial charge in [0.25, 0.3) is 0 Å². The number of hydrogen-bond donors (Lipinski definition) is 2. The third-order valence-electron chi connectivity index (χ3n) is 7.02. The van der Waals surface area contributed by atoms with E-state index < -0.39 is 16.0 Å². The lowest BCUT2D eigenvalue weighted by molar-refractivity contribution is 0.0696. The second kappa shape index (κ2) is 13.4. The topological polar surface area (TPSA) is 144 Å². The van der Waals surface area contributed by atoms with Crippen molar-refractivity contribution in [2.45, 2.75) is 24.3 Å². The molecule has 2 heterocycles. The molecule has 1 fully saturated rings. The number of carbonyl (C=O) groups is 1. The quantitative estimate of drug-likeness (QED) is 0.305. The van der Waals surface area contributed by atoms with Gasteiger partial charge in [-0.05, 0) is 67.4 Å². The summed E-state index contributed by atoms with van der Waals surface area (Å²) in [5.74, 6) is -0.967. The Morgan fingerprint density at radius 2 is 1.79 bits per heavy atom. The van der Waals surface area contributed by atoms with Crippen LogP contribution in [0.1, 0.15) is 39.9 Å². The second-order valence-corrected chi connectivity index (χ2v) is 11.8. The number of allylic oxidation sites excluding steroid dienone is 2. The third-order valence-corrected chi connectivity index (χ3v) is 8.94. The number of carboxylic acids is 1. The van der Waals surface area contributed by atoms with Gasteiger partial charge in [0.05, 0.1) is 22.4 Å². The number of hydrogen-bond acceptors (Lipinski definition) is 8. The largest absolute Gasteiger partial charge is 0.516 e. The maximum absolute atomic E-state index is 13.2. The summed E-state index contributed by atoms with van der Waals surface area (Å²) < 4.78 is 33.9. The fourth-order valence-electron chi connectivity index (χ4n) is 4.50. The number of aliphatic hydroxyl groups is 1. The summed E-state index contributed by atoms with van der Waals surface area (Å²) >= 11 is 0. The molecule has 4 rings (SSSR count). The van der Waals surface area contributed by atoms with E-state index >= 15 is 0 Å². The van der Waals surface area contributed by atoms with Crippen molar-refractivity contribution in [3.63, 3.8) is 0 Å². The second-order valence-electron chi connectivity index (χ2n) is 9.90. The summed E-state index contributed by atoms with van der Waals surface area (Å²) in [7, 11) is -1.68. The lowest BCUT2D eigenvalue weighted by atomic mass is 9.96. The molecule has 11 heteroatoms. The maximum Gasteiger partial charge on any atom is 0.335 e. The first-order chi connectivity index (χ1) is 20.1. The Bertz CT molecular complexity index is 1620. The molecule has 2 aromatic carbocycles. The smallest absolute Gasteiger partial charge is 0.335 e. The average Bonchev–Trinajstić information content (AvgIpc) is 3.00. The zero-order valence-corrected chi connectivity index (χ0v) is 24.0. The number of aromatic nitrogens is 1. The van der Waals surface area contributed by atoms with Gasteiger partial charge < -0.3 is 19.8 Å². The van der Waals surface area contributed by atoms with Gasteiger partial charge >= 0.3 is 5.97 Å². The van der Waals surface area contributed by atoms with Crippen LogP contribution in [-0.4, -0.2) is 72.0 Å². The first kappa shape index (κ1) is 30.5.